The summed E-state index contributed by atoms with van der Waals surface area (Å²) in [6.07, 6.45) is -0.352. The maximum atomic E-state index is 12.5. The number of hydrogen-bond acceptors (Lipinski definition) is 5. The van der Waals surface area contributed by atoms with Gasteiger partial charge in [0.05, 0.1) is 18.8 Å². The van der Waals surface area contributed by atoms with E-state index in [9.17, 15) is 9.90 Å². The Morgan fingerprint density at radius 2 is 1.86 bits per heavy atom. The molecule has 7 heteroatoms. The largest absolute Gasteiger partial charge is 0.507 e. The van der Waals surface area contributed by atoms with Gasteiger partial charge in [-0.25, -0.2) is 4.79 Å². The van der Waals surface area contributed by atoms with Crippen molar-refractivity contribution in [3.8, 4) is 17.0 Å². The number of fused-ring (bicyclic) bond motifs is 3. The van der Waals surface area contributed by atoms with Crippen molar-refractivity contribution in [2.45, 2.75) is 19.7 Å². The number of benzene rings is 2. The van der Waals surface area contributed by atoms with Gasteiger partial charge in [0, 0.05) is 22.2 Å². The van der Waals surface area contributed by atoms with Crippen LogP contribution in [0.1, 0.15) is 16.8 Å². The van der Waals surface area contributed by atoms with Gasteiger partial charge in [-0.3, -0.25) is 4.90 Å². The fourth-order valence-corrected chi connectivity index (χ4v) is 3.61. The molecule has 5 rings (SSSR count). The number of amides is 1. The van der Waals surface area contributed by atoms with Gasteiger partial charge in [-0.05, 0) is 23.8 Å². The summed E-state index contributed by atoms with van der Waals surface area (Å²) < 4.78 is 5.45. The third kappa shape index (κ3) is 3.16. The summed E-state index contributed by atoms with van der Waals surface area (Å²) in [5, 5.41) is 19.5. The lowest BCUT2D eigenvalue weighted by Gasteiger charge is -2.15. The number of aromatic amines is 1. The van der Waals surface area contributed by atoms with E-state index >= 15 is 0 Å². The number of nitrogens with zero attached hydrogens (tertiary/aromatic N) is 3. The average molecular weight is 386 g/mol. The number of phenols is 1. The van der Waals surface area contributed by atoms with Gasteiger partial charge < -0.3 is 14.8 Å². The van der Waals surface area contributed by atoms with Gasteiger partial charge in [0.2, 0.25) is 0 Å². The maximum absolute atomic E-state index is 12.5. The molecule has 2 aromatic heterocycles. The predicted octanol–water partition coefficient (Wildman–Crippen LogP) is 3.98. The molecule has 0 fully saturated rings. The van der Waals surface area contributed by atoms with Crippen molar-refractivity contribution in [1.29, 1.82) is 0 Å². The molecule has 29 heavy (non-hydrogen) atoms. The summed E-state index contributed by atoms with van der Waals surface area (Å²) in [6, 6.07) is 18.5. The fourth-order valence-electron chi connectivity index (χ4n) is 3.61. The van der Waals surface area contributed by atoms with E-state index in [1.807, 2.05) is 42.5 Å². The SMILES string of the molecule is O=C(OCc1ccccc1)N1Cc2[nH]c3nnc(-c4ccccc4O)cc3c2C1. The molecular formula is C22H18N4O3. The van der Waals surface area contributed by atoms with Crippen molar-refractivity contribution in [3.63, 3.8) is 0 Å². The maximum Gasteiger partial charge on any atom is 0.410 e. The highest BCUT2D eigenvalue weighted by Gasteiger charge is 2.28. The van der Waals surface area contributed by atoms with Crippen LogP contribution in [0.5, 0.6) is 5.75 Å². The van der Waals surface area contributed by atoms with Gasteiger partial charge in [-0.15, -0.1) is 10.2 Å². The topological polar surface area (TPSA) is 91.3 Å². The van der Waals surface area contributed by atoms with Gasteiger partial charge in [-0.1, -0.05) is 42.5 Å². The molecule has 0 saturated carbocycles. The lowest BCUT2D eigenvalue weighted by molar-refractivity contribution is 0.0953. The molecule has 2 N–H and O–H groups in total. The first-order chi connectivity index (χ1) is 14.2. The van der Waals surface area contributed by atoms with Crippen LogP contribution < -0.4 is 0 Å². The normalized spacial score (nSPS) is 12.9. The Balaban J connectivity index is 1.37. The van der Waals surface area contributed by atoms with E-state index in [1.165, 1.54) is 0 Å². The number of carbonyl (C=O) groups is 1. The van der Waals surface area contributed by atoms with Crippen LogP contribution in [0.25, 0.3) is 22.3 Å². The smallest absolute Gasteiger partial charge is 0.410 e. The number of para-hydroxylation sites is 1. The number of aromatic nitrogens is 3. The van der Waals surface area contributed by atoms with Crippen LogP contribution in [-0.4, -0.2) is 31.3 Å². The third-order valence-electron chi connectivity index (χ3n) is 5.09. The van der Waals surface area contributed by atoms with Crippen LogP contribution >= 0.6 is 0 Å². The lowest BCUT2D eigenvalue weighted by Crippen LogP contribution is -2.26. The summed E-state index contributed by atoms with van der Waals surface area (Å²) in [6.45, 7) is 1.12. The molecule has 1 aliphatic rings. The number of ether oxygens (including phenoxy) is 1. The lowest BCUT2D eigenvalue weighted by atomic mass is 10.1. The Kier molecular flexibility index (Phi) is 4.13. The molecular weight excluding hydrogens is 368 g/mol. The van der Waals surface area contributed by atoms with Crippen molar-refractivity contribution in [1.82, 2.24) is 20.1 Å². The zero-order valence-electron chi connectivity index (χ0n) is 15.5. The molecule has 0 radical (unpaired) electrons. The zero-order chi connectivity index (χ0) is 19.8. The van der Waals surface area contributed by atoms with E-state index in [1.54, 1.807) is 23.1 Å². The highest BCUT2D eigenvalue weighted by atomic mass is 16.6. The minimum absolute atomic E-state index is 0.152. The molecule has 2 aromatic carbocycles. The summed E-state index contributed by atoms with van der Waals surface area (Å²) in [5.41, 5.74) is 4.76. The van der Waals surface area contributed by atoms with Crippen molar-refractivity contribution in [3.05, 3.63) is 77.5 Å². The van der Waals surface area contributed by atoms with Gasteiger partial charge in [0.25, 0.3) is 0 Å². The second-order valence-corrected chi connectivity index (χ2v) is 6.99. The average Bonchev–Trinajstić information content (AvgIpc) is 3.31. The van der Waals surface area contributed by atoms with E-state index < -0.39 is 0 Å². The summed E-state index contributed by atoms with van der Waals surface area (Å²) in [5.74, 6) is 0.152. The first kappa shape index (κ1) is 17.2. The molecule has 7 nitrogen and oxygen atoms in total. The summed E-state index contributed by atoms with van der Waals surface area (Å²) in [4.78, 5) is 17.4. The number of phenolic OH excluding ortho intramolecular Hbond substituents is 1. The number of carbonyl (C=O) groups excluding carboxylic acids is 1. The Morgan fingerprint density at radius 1 is 1.07 bits per heavy atom. The molecule has 0 atom stereocenters. The standard InChI is InChI=1S/C22H18N4O3/c27-20-9-5-4-8-15(20)18-10-16-17-11-26(12-19(17)23-21(16)25-24-18)22(28)29-13-14-6-2-1-3-7-14/h1-10,27H,11-13H2,(H,23,25). The monoisotopic (exact) mass is 386 g/mol. The minimum atomic E-state index is -0.352. The Hall–Kier alpha value is -3.87. The molecule has 0 unspecified atom stereocenters. The molecule has 0 spiro atoms. The van der Waals surface area contributed by atoms with Crippen molar-refractivity contribution < 1.29 is 14.6 Å². The Bertz CT molecular complexity index is 1200. The summed E-state index contributed by atoms with van der Waals surface area (Å²) >= 11 is 0. The first-order valence-electron chi connectivity index (χ1n) is 9.30. The van der Waals surface area contributed by atoms with Crippen molar-refractivity contribution in [2.24, 2.45) is 0 Å². The van der Waals surface area contributed by atoms with E-state index in [0.29, 0.717) is 30.0 Å². The molecule has 1 amide bonds. The third-order valence-corrected chi connectivity index (χ3v) is 5.09. The quantitative estimate of drug-likeness (QED) is 0.556. The van der Waals surface area contributed by atoms with Crippen LogP contribution in [0.3, 0.4) is 0 Å². The molecule has 0 saturated heterocycles. The summed E-state index contributed by atoms with van der Waals surface area (Å²) in [7, 11) is 0. The minimum Gasteiger partial charge on any atom is -0.507 e. The Labute approximate surface area is 166 Å². The second kappa shape index (κ2) is 6.94. The number of nitrogens with one attached hydrogen (secondary N) is 1. The highest BCUT2D eigenvalue weighted by Crippen LogP contribution is 2.33. The van der Waals surface area contributed by atoms with Crippen LogP contribution in [0.15, 0.2) is 60.7 Å². The molecule has 0 bridgehead atoms. The number of hydrogen-bond donors (Lipinski definition) is 2. The molecule has 144 valence electrons. The fraction of sp³-hybridized carbons (Fsp3) is 0.136. The number of H-pyrrole nitrogens is 1. The second-order valence-electron chi connectivity index (χ2n) is 6.99. The van der Waals surface area contributed by atoms with Crippen LogP contribution in [0, 0.1) is 0 Å². The Morgan fingerprint density at radius 3 is 2.69 bits per heavy atom. The van der Waals surface area contributed by atoms with Gasteiger partial charge in [0.15, 0.2) is 5.65 Å². The van der Waals surface area contributed by atoms with E-state index in [0.717, 1.165) is 22.2 Å². The van der Waals surface area contributed by atoms with Crippen molar-refractivity contribution in [2.75, 3.05) is 0 Å². The van der Waals surface area contributed by atoms with Crippen LogP contribution in [0.4, 0.5) is 4.79 Å². The predicted molar refractivity (Wildman–Crippen MR) is 107 cm³/mol. The van der Waals surface area contributed by atoms with Crippen molar-refractivity contribution >= 4 is 17.1 Å². The molecule has 4 aromatic rings. The molecule has 0 aliphatic carbocycles. The van der Waals surface area contributed by atoms with Crippen LogP contribution in [-0.2, 0) is 24.4 Å². The molecule has 3 heterocycles. The van der Waals surface area contributed by atoms with E-state index in [-0.39, 0.29) is 18.4 Å². The number of aromatic hydroxyl groups is 1. The molecule has 1 aliphatic heterocycles. The van der Waals surface area contributed by atoms with Crippen LogP contribution in [0.2, 0.25) is 0 Å². The number of rotatable bonds is 3. The van der Waals surface area contributed by atoms with E-state index in [2.05, 4.69) is 15.2 Å². The van der Waals surface area contributed by atoms with Gasteiger partial charge in [-0.2, -0.15) is 0 Å². The zero-order valence-corrected chi connectivity index (χ0v) is 15.5. The van der Waals surface area contributed by atoms with E-state index in [4.69, 9.17) is 4.74 Å². The first-order valence-corrected chi connectivity index (χ1v) is 9.30. The van der Waals surface area contributed by atoms with Gasteiger partial charge in [0.1, 0.15) is 12.4 Å². The van der Waals surface area contributed by atoms with Gasteiger partial charge >= 0.3 is 6.09 Å². The highest BCUT2D eigenvalue weighted by molar-refractivity contribution is 5.86.